The molecule has 18 heavy (non-hydrogen) atoms. The Morgan fingerprint density at radius 3 is 2.67 bits per heavy atom. The molecule has 96 valence electrons. The summed E-state index contributed by atoms with van der Waals surface area (Å²) in [5.74, 6) is 2.29. The highest BCUT2D eigenvalue weighted by Crippen LogP contribution is 2.19. The minimum atomic E-state index is -0.0801. The molecule has 0 saturated carbocycles. The number of halogens is 1. The molecular formula is C14H17BrN2O. The van der Waals surface area contributed by atoms with Crippen molar-refractivity contribution in [1.82, 2.24) is 10.6 Å². The molecule has 0 fully saturated rings. The van der Waals surface area contributed by atoms with Gasteiger partial charge in [-0.1, -0.05) is 40.9 Å². The molecule has 0 aliphatic rings. The second-order valence-corrected chi connectivity index (χ2v) is 4.79. The van der Waals surface area contributed by atoms with Crippen molar-refractivity contribution in [2.75, 3.05) is 13.1 Å². The summed E-state index contributed by atoms with van der Waals surface area (Å²) in [6.07, 6.45) is 6.00. The lowest BCUT2D eigenvalue weighted by Crippen LogP contribution is -2.35. The number of hydrogen-bond donors (Lipinski definition) is 2. The number of terminal acetylenes is 1. The third-order valence-corrected chi connectivity index (χ3v) is 3.11. The van der Waals surface area contributed by atoms with E-state index in [0.717, 1.165) is 10.9 Å². The summed E-state index contributed by atoms with van der Waals surface area (Å²) in [5, 5.41) is 5.85. The molecule has 1 amide bonds. The summed E-state index contributed by atoms with van der Waals surface area (Å²) in [6.45, 7) is 2.63. The van der Waals surface area contributed by atoms with Gasteiger partial charge in [0.1, 0.15) is 0 Å². The third-order valence-electron chi connectivity index (χ3n) is 2.58. The van der Waals surface area contributed by atoms with Gasteiger partial charge < -0.3 is 10.6 Å². The first-order chi connectivity index (χ1) is 8.67. The van der Waals surface area contributed by atoms with Crippen LogP contribution in [-0.4, -0.2) is 19.0 Å². The summed E-state index contributed by atoms with van der Waals surface area (Å²) in [6, 6.07) is 8.26. The van der Waals surface area contributed by atoms with Gasteiger partial charge in [-0.3, -0.25) is 4.79 Å². The fourth-order valence-electron chi connectivity index (χ4n) is 1.62. The first kappa shape index (κ1) is 14.7. The van der Waals surface area contributed by atoms with Crippen LogP contribution < -0.4 is 10.6 Å². The number of nitrogens with one attached hydrogen (secondary N) is 2. The fraction of sp³-hybridized carbons (Fsp3) is 0.357. The van der Waals surface area contributed by atoms with E-state index in [0.29, 0.717) is 0 Å². The van der Waals surface area contributed by atoms with Gasteiger partial charge in [-0.25, -0.2) is 0 Å². The lowest BCUT2D eigenvalue weighted by atomic mass is 10.0. The van der Waals surface area contributed by atoms with Crippen LogP contribution >= 0.6 is 15.9 Å². The molecule has 1 aromatic carbocycles. The number of benzene rings is 1. The topological polar surface area (TPSA) is 41.1 Å². The first-order valence-corrected chi connectivity index (χ1v) is 6.65. The van der Waals surface area contributed by atoms with Gasteiger partial charge in [0, 0.05) is 10.5 Å². The van der Waals surface area contributed by atoms with Crippen LogP contribution in [0.4, 0.5) is 0 Å². The highest BCUT2D eigenvalue weighted by atomic mass is 79.9. The zero-order valence-electron chi connectivity index (χ0n) is 10.4. The Kier molecular flexibility index (Phi) is 6.48. The summed E-state index contributed by atoms with van der Waals surface area (Å²) < 4.78 is 1.05. The SMILES string of the molecule is C#CCNC(=O)CN[C@@H](CC)c1ccc(Br)cc1. The molecular weight excluding hydrogens is 292 g/mol. The molecule has 0 saturated heterocycles. The Labute approximate surface area is 116 Å². The van der Waals surface area contributed by atoms with E-state index < -0.39 is 0 Å². The minimum Gasteiger partial charge on any atom is -0.344 e. The van der Waals surface area contributed by atoms with Gasteiger partial charge in [0.05, 0.1) is 13.1 Å². The van der Waals surface area contributed by atoms with Crippen LogP contribution in [0.5, 0.6) is 0 Å². The van der Waals surface area contributed by atoms with E-state index in [1.54, 1.807) is 0 Å². The lowest BCUT2D eigenvalue weighted by molar-refractivity contribution is -0.120. The Balaban J connectivity index is 2.50. The van der Waals surface area contributed by atoms with E-state index in [4.69, 9.17) is 6.42 Å². The second-order valence-electron chi connectivity index (χ2n) is 3.87. The van der Waals surface area contributed by atoms with Crippen molar-refractivity contribution in [2.24, 2.45) is 0 Å². The van der Waals surface area contributed by atoms with E-state index in [1.807, 2.05) is 24.3 Å². The standard InChI is InChI=1S/C14H17BrN2O/c1-3-9-16-14(18)10-17-13(4-2)11-5-7-12(15)8-6-11/h1,5-8,13,17H,4,9-10H2,2H3,(H,16,18)/t13-/m0/s1. The van der Waals surface area contributed by atoms with Crippen LogP contribution in [0.15, 0.2) is 28.7 Å². The maximum absolute atomic E-state index is 11.4. The number of carbonyl (C=O) groups excluding carboxylic acids is 1. The Morgan fingerprint density at radius 1 is 1.44 bits per heavy atom. The predicted octanol–water partition coefficient (Wildman–Crippen LogP) is 2.24. The summed E-state index contributed by atoms with van der Waals surface area (Å²) >= 11 is 3.40. The molecule has 0 aliphatic heterocycles. The largest absolute Gasteiger partial charge is 0.344 e. The van der Waals surface area contributed by atoms with Gasteiger partial charge in [-0.2, -0.15) is 0 Å². The lowest BCUT2D eigenvalue weighted by Gasteiger charge is -2.17. The number of amides is 1. The summed E-state index contributed by atoms with van der Waals surface area (Å²) in [5.41, 5.74) is 1.17. The maximum Gasteiger partial charge on any atom is 0.234 e. The van der Waals surface area contributed by atoms with Crippen LogP contribution in [0.25, 0.3) is 0 Å². The van der Waals surface area contributed by atoms with E-state index in [-0.39, 0.29) is 25.0 Å². The highest BCUT2D eigenvalue weighted by Gasteiger charge is 2.10. The molecule has 0 aromatic heterocycles. The monoisotopic (exact) mass is 308 g/mol. The number of hydrogen-bond acceptors (Lipinski definition) is 2. The quantitative estimate of drug-likeness (QED) is 0.791. The predicted molar refractivity (Wildman–Crippen MR) is 77.0 cm³/mol. The molecule has 1 aromatic rings. The zero-order valence-corrected chi connectivity index (χ0v) is 12.0. The number of rotatable bonds is 6. The van der Waals surface area contributed by atoms with Crippen LogP contribution in [0.3, 0.4) is 0 Å². The van der Waals surface area contributed by atoms with Crippen LogP contribution in [0.2, 0.25) is 0 Å². The number of carbonyl (C=O) groups is 1. The van der Waals surface area contributed by atoms with E-state index >= 15 is 0 Å². The van der Waals surface area contributed by atoms with Crippen LogP contribution in [0, 0.1) is 12.3 Å². The Morgan fingerprint density at radius 2 is 2.11 bits per heavy atom. The van der Waals surface area contributed by atoms with Crippen molar-refractivity contribution in [1.29, 1.82) is 0 Å². The average Bonchev–Trinajstić information content (AvgIpc) is 2.39. The molecule has 1 rings (SSSR count). The normalized spacial score (nSPS) is 11.6. The Bertz CT molecular complexity index is 422. The van der Waals surface area contributed by atoms with Crippen molar-refractivity contribution in [2.45, 2.75) is 19.4 Å². The third kappa shape index (κ3) is 4.91. The minimum absolute atomic E-state index is 0.0801. The van der Waals surface area contributed by atoms with Crippen molar-refractivity contribution in [3.05, 3.63) is 34.3 Å². The van der Waals surface area contributed by atoms with E-state index in [1.165, 1.54) is 5.56 Å². The van der Waals surface area contributed by atoms with Gasteiger partial charge in [0.15, 0.2) is 0 Å². The highest BCUT2D eigenvalue weighted by molar-refractivity contribution is 9.10. The molecule has 2 N–H and O–H groups in total. The molecule has 0 aliphatic carbocycles. The molecule has 0 spiro atoms. The average molecular weight is 309 g/mol. The molecule has 0 bridgehead atoms. The molecule has 3 nitrogen and oxygen atoms in total. The first-order valence-electron chi connectivity index (χ1n) is 5.86. The van der Waals surface area contributed by atoms with Gasteiger partial charge in [-0.05, 0) is 24.1 Å². The zero-order chi connectivity index (χ0) is 13.4. The van der Waals surface area contributed by atoms with Crippen LogP contribution in [0.1, 0.15) is 24.9 Å². The summed E-state index contributed by atoms with van der Waals surface area (Å²) in [4.78, 5) is 11.4. The molecule has 4 heteroatoms. The smallest absolute Gasteiger partial charge is 0.234 e. The van der Waals surface area contributed by atoms with Gasteiger partial charge in [-0.15, -0.1) is 6.42 Å². The van der Waals surface area contributed by atoms with Crippen molar-refractivity contribution in [3.8, 4) is 12.3 Å². The van der Waals surface area contributed by atoms with Gasteiger partial charge in [0.2, 0.25) is 5.91 Å². The van der Waals surface area contributed by atoms with Gasteiger partial charge in [0.25, 0.3) is 0 Å². The van der Waals surface area contributed by atoms with Crippen molar-refractivity contribution >= 4 is 21.8 Å². The molecule has 0 radical (unpaired) electrons. The van der Waals surface area contributed by atoms with Gasteiger partial charge >= 0.3 is 0 Å². The Hall–Kier alpha value is -1.31. The van der Waals surface area contributed by atoms with Crippen LogP contribution in [-0.2, 0) is 4.79 Å². The van der Waals surface area contributed by atoms with Crippen molar-refractivity contribution in [3.63, 3.8) is 0 Å². The van der Waals surface area contributed by atoms with E-state index in [9.17, 15) is 4.79 Å². The molecule has 0 heterocycles. The van der Waals surface area contributed by atoms with E-state index in [2.05, 4.69) is 39.4 Å². The molecule has 0 unspecified atom stereocenters. The maximum atomic E-state index is 11.4. The second kappa shape index (κ2) is 7.91. The fourth-order valence-corrected chi connectivity index (χ4v) is 1.89. The van der Waals surface area contributed by atoms with Crippen molar-refractivity contribution < 1.29 is 4.79 Å². The summed E-state index contributed by atoms with van der Waals surface area (Å²) in [7, 11) is 0. The molecule has 1 atom stereocenters.